The molecule has 17 heavy (non-hydrogen) atoms. The monoisotopic (exact) mass is 301 g/mol. The maximum Gasteiger partial charge on any atom is 0.437 e. The lowest BCUT2D eigenvalue weighted by Gasteiger charge is -2.00. The van der Waals surface area contributed by atoms with Crippen LogP contribution >= 0.6 is 37.2 Å². The van der Waals surface area contributed by atoms with Gasteiger partial charge in [0.15, 0.2) is 5.96 Å². The van der Waals surface area contributed by atoms with E-state index >= 15 is 0 Å². The number of nitrogens with zero attached hydrogens (tertiary/aromatic N) is 1. The SMILES string of the molecule is Cl.Cl.Cl.NC(N)=NC(=O)OCc1ccccc1. The molecule has 0 aromatic heterocycles. The topological polar surface area (TPSA) is 90.7 Å². The van der Waals surface area contributed by atoms with Crippen LogP contribution in [0.4, 0.5) is 4.79 Å². The van der Waals surface area contributed by atoms with Crippen molar-refractivity contribution >= 4 is 49.3 Å². The Morgan fingerprint density at radius 3 is 2.12 bits per heavy atom. The van der Waals surface area contributed by atoms with Gasteiger partial charge in [-0.05, 0) is 5.56 Å². The van der Waals surface area contributed by atoms with Crippen LogP contribution in [0.25, 0.3) is 0 Å². The molecule has 0 unspecified atom stereocenters. The van der Waals surface area contributed by atoms with E-state index in [9.17, 15) is 4.79 Å². The maximum atomic E-state index is 10.9. The van der Waals surface area contributed by atoms with E-state index in [-0.39, 0.29) is 49.8 Å². The van der Waals surface area contributed by atoms with Crippen molar-refractivity contribution in [1.29, 1.82) is 0 Å². The fourth-order valence-electron chi connectivity index (χ4n) is 0.857. The largest absolute Gasteiger partial charge is 0.443 e. The highest BCUT2D eigenvalue weighted by molar-refractivity contribution is 5.87. The molecule has 0 aliphatic carbocycles. The lowest BCUT2D eigenvalue weighted by molar-refractivity contribution is 0.151. The first kappa shape index (κ1) is 21.1. The summed E-state index contributed by atoms with van der Waals surface area (Å²) in [5.74, 6) is -0.303. The molecule has 0 spiro atoms. The lowest BCUT2D eigenvalue weighted by atomic mass is 10.2. The van der Waals surface area contributed by atoms with E-state index in [1.54, 1.807) is 0 Å². The first-order valence-corrected chi connectivity index (χ1v) is 3.99. The van der Waals surface area contributed by atoms with Gasteiger partial charge >= 0.3 is 6.09 Å². The lowest BCUT2D eigenvalue weighted by Crippen LogP contribution is -2.24. The molecule has 0 atom stereocenters. The number of rotatable bonds is 2. The van der Waals surface area contributed by atoms with Gasteiger partial charge in [-0.2, -0.15) is 0 Å². The molecule has 0 saturated heterocycles. The van der Waals surface area contributed by atoms with Gasteiger partial charge in [-0.3, -0.25) is 0 Å². The number of halogens is 3. The van der Waals surface area contributed by atoms with Crippen LogP contribution in [0, 0.1) is 0 Å². The molecule has 98 valence electrons. The Bertz CT molecular complexity index is 343. The molecule has 0 aliphatic heterocycles. The molecule has 1 rings (SSSR count). The van der Waals surface area contributed by atoms with Crippen molar-refractivity contribution in [3.8, 4) is 0 Å². The zero-order valence-electron chi connectivity index (χ0n) is 8.74. The predicted molar refractivity (Wildman–Crippen MR) is 74.2 cm³/mol. The summed E-state index contributed by atoms with van der Waals surface area (Å²) in [5, 5.41) is 0. The van der Waals surface area contributed by atoms with Crippen LogP contribution in [0.2, 0.25) is 0 Å². The summed E-state index contributed by atoms with van der Waals surface area (Å²) < 4.78 is 4.75. The summed E-state index contributed by atoms with van der Waals surface area (Å²) in [5.41, 5.74) is 10.9. The van der Waals surface area contributed by atoms with Crippen molar-refractivity contribution in [3.63, 3.8) is 0 Å². The molecule has 1 aromatic rings. The van der Waals surface area contributed by atoms with Gasteiger partial charge in [0.1, 0.15) is 6.61 Å². The van der Waals surface area contributed by atoms with Crippen molar-refractivity contribution in [2.75, 3.05) is 0 Å². The highest BCUT2D eigenvalue weighted by Crippen LogP contribution is 2.00. The Hall–Kier alpha value is -1.17. The van der Waals surface area contributed by atoms with Crippen LogP contribution in [0.5, 0.6) is 0 Å². The van der Waals surface area contributed by atoms with E-state index in [2.05, 4.69) is 4.99 Å². The van der Waals surface area contributed by atoms with Gasteiger partial charge in [-0.25, -0.2) is 4.79 Å². The first-order chi connectivity index (χ1) is 6.68. The Kier molecular flexibility index (Phi) is 14.1. The summed E-state index contributed by atoms with van der Waals surface area (Å²) in [7, 11) is 0. The van der Waals surface area contributed by atoms with Gasteiger partial charge in [0.2, 0.25) is 0 Å². The first-order valence-electron chi connectivity index (χ1n) is 3.99. The van der Waals surface area contributed by atoms with Crippen LogP contribution in [0.15, 0.2) is 35.3 Å². The highest BCUT2D eigenvalue weighted by atomic mass is 35.5. The molecule has 8 heteroatoms. The standard InChI is InChI=1S/C9H11N3O2.3ClH/c10-8(11)12-9(13)14-6-7-4-2-1-3-5-7;;;/h1-5H,6H2,(H4,10,11,12,13);3*1H. The molecule has 5 nitrogen and oxygen atoms in total. The molecule has 0 aliphatic rings. The molecule has 0 fully saturated rings. The van der Waals surface area contributed by atoms with Gasteiger partial charge < -0.3 is 16.2 Å². The minimum atomic E-state index is -0.783. The van der Waals surface area contributed by atoms with Crippen LogP contribution in [0.1, 0.15) is 5.56 Å². The van der Waals surface area contributed by atoms with E-state index in [0.717, 1.165) is 5.56 Å². The quantitative estimate of drug-likeness (QED) is 0.644. The van der Waals surface area contributed by atoms with Crippen molar-refractivity contribution in [3.05, 3.63) is 35.9 Å². The third-order valence-corrected chi connectivity index (χ3v) is 1.43. The number of nitrogens with two attached hydrogens (primary N) is 2. The van der Waals surface area contributed by atoms with Crippen molar-refractivity contribution in [1.82, 2.24) is 0 Å². The molecule has 0 heterocycles. The minimum Gasteiger partial charge on any atom is -0.443 e. The Morgan fingerprint density at radius 2 is 1.65 bits per heavy atom. The number of carbonyl (C=O) groups excluding carboxylic acids is 1. The van der Waals surface area contributed by atoms with E-state index in [1.807, 2.05) is 30.3 Å². The molecular weight excluding hydrogens is 288 g/mol. The van der Waals surface area contributed by atoms with Crippen molar-refractivity contribution in [2.24, 2.45) is 16.5 Å². The minimum absolute atomic E-state index is 0. The van der Waals surface area contributed by atoms with Gasteiger partial charge in [0.25, 0.3) is 0 Å². The summed E-state index contributed by atoms with van der Waals surface area (Å²) in [6.45, 7) is 0.163. The molecule has 1 amide bonds. The summed E-state index contributed by atoms with van der Waals surface area (Å²) >= 11 is 0. The average Bonchev–Trinajstić information content (AvgIpc) is 2.15. The Labute approximate surface area is 118 Å². The van der Waals surface area contributed by atoms with Crippen LogP contribution in [-0.2, 0) is 11.3 Å². The van der Waals surface area contributed by atoms with Crippen LogP contribution in [-0.4, -0.2) is 12.1 Å². The number of hydrogen-bond donors (Lipinski definition) is 2. The third-order valence-electron chi connectivity index (χ3n) is 1.43. The predicted octanol–water partition coefficient (Wildman–Crippen LogP) is 1.86. The molecule has 4 N–H and O–H groups in total. The molecule has 0 radical (unpaired) electrons. The number of benzene rings is 1. The van der Waals surface area contributed by atoms with Gasteiger partial charge in [0.05, 0.1) is 0 Å². The van der Waals surface area contributed by atoms with Crippen molar-refractivity contribution in [2.45, 2.75) is 6.61 Å². The fraction of sp³-hybridized carbons (Fsp3) is 0.111. The number of amides is 1. The van der Waals surface area contributed by atoms with E-state index in [1.165, 1.54) is 0 Å². The highest BCUT2D eigenvalue weighted by Gasteiger charge is 2.00. The molecule has 0 saturated carbocycles. The third kappa shape index (κ3) is 9.74. The molecule has 1 aromatic carbocycles. The second kappa shape index (κ2) is 11.3. The summed E-state index contributed by atoms with van der Waals surface area (Å²) in [4.78, 5) is 14.1. The number of carbonyl (C=O) groups is 1. The zero-order chi connectivity index (χ0) is 10.4. The second-order valence-corrected chi connectivity index (χ2v) is 2.58. The number of aliphatic imine (C=N–C) groups is 1. The second-order valence-electron chi connectivity index (χ2n) is 2.58. The van der Waals surface area contributed by atoms with E-state index < -0.39 is 6.09 Å². The van der Waals surface area contributed by atoms with Gasteiger partial charge in [-0.15, -0.1) is 42.2 Å². The van der Waals surface area contributed by atoms with E-state index in [0.29, 0.717) is 0 Å². The number of ether oxygens (including phenoxy) is 1. The van der Waals surface area contributed by atoms with Gasteiger partial charge in [0, 0.05) is 0 Å². The Morgan fingerprint density at radius 1 is 1.12 bits per heavy atom. The number of hydrogen-bond acceptors (Lipinski definition) is 2. The summed E-state index contributed by atoms with van der Waals surface area (Å²) in [6, 6.07) is 9.25. The normalized spacial score (nSPS) is 7.53. The van der Waals surface area contributed by atoms with Crippen LogP contribution < -0.4 is 11.5 Å². The number of guanidine groups is 1. The molecular formula is C9H14Cl3N3O2. The fourth-order valence-corrected chi connectivity index (χ4v) is 0.857. The zero-order valence-corrected chi connectivity index (χ0v) is 11.2. The summed E-state index contributed by atoms with van der Waals surface area (Å²) in [6.07, 6.45) is -0.783. The molecule has 0 bridgehead atoms. The Balaban J connectivity index is -0.000000653. The van der Waals surface area contributed by atoms with Crippen LogP contribution in [0.3, 0.4) is 0 Å². The maximum absolute atomic E-state index is 10.9. The van der Waals surface area contributed by atoms with E-state index in [4.69, 9.17) is 16.2 Å². The average molecular weight is 303 g/mol. The smallest absolute Gasteiger partial charge is 0.437 e. The van der Waals surface area contributed by atoms with Gasteiger partial charge in [-0.1, -0.05) is 30.3 Å². The van der Waals surface area contributed by atoms with Crippen molar-refractivity contribution < 1.29 is 9.53 Å².